The van der Waals surface area contributed by atoms with Crippen LogP contribution in [0.5, 0.6) is 5.75 Å². The van der Waals surface area contributed by atoms with Crippen LogP contribution in [-0.4, -0.2) is 17.9 Å². The first-order chi connectivity index (χ1) is 10.2. The van der Waals surface area contributed by atoms with Gasteiger partial charge in [0.05, 0.1) is 16.7 Å². The normalized spacial score (nSPS) is 10.5. The zero-order valence-electron chi connectivity index (χ0n) is 11.5. The molecule has 3 aromatic rings. The van der Waals surface area contributed by atoms with Gasteiger partial charge in [-0.05, 0) is 23.6 Å². The number of pyridine rings is 1. The van der Waals surface area contributed by atoms with Crippen LogP contribution in [0.3, 0.4) is 0 Å². The van der Waals surface area contributed by atoms with Crippen molar-refractivity contribution < 1.29 is 9.53 Å². The van der Waals surface area contributed by atoms with Crippen molar-refractivity contribution in [1.29, 1.82) is 0 Å². The Morgan fingerprint density at radius 1 is 1.29 bits per heavy atom. The number of hydrogen-bond acceptors (Lipinski definition) is 4. The molecule has 2 heterocycles. The number of ketones is 1. The van der Waals surface area contributed by atoms with E-state index >= 15 is 0 Å². The lowest BCUT2D eigenvalue weighted by Gasteiger charge is -2.09. The predicted octanol–water partition coefficient (Wildman–Crippen LogP) is 4.20. The summed E-state index contributed by atoms with van der Waals surface area (Å²) in [5.74, 6) is 0.569. The third-order valence-corrected chi connectivity index (χ3v) is 4.34. The molecule has 3 nitrogen and oxygen atoms in total. The van der Waals surface area contributed by atoms with Crippen LogP contribution in [-0.2, 0) is 0 Å². The number of rotatable bonds is 4. The Morgan fingerprint density at radius 3 is 2.86 bits per heavy atom. The molecule has 0 bridgehead atoms. The Labute approximate surface area is 126 Å². The second-order valence-electron chi connectivity index (χ2n) is 4.53. The number of hydrogen-bond donors (Lipinski definition) is 0. The van der Waals surface area contributed by atoms with Crippen molar-refractivity contribution in [2.45, 2.75) is 0 Å². The van der Waals surface area contributed by atoms with Gasteiger partial charge in [-0.2, -0.15) is 0 Å². The van der Waals surface area contributed by atoms with E-state index < -0.39 is 0 Å². The average Bonchev–Trinajstić information content (AvgIpc) is 2.97. The summed E-state index contributed by atoms with van der Waals surface area (Å²) in [5, 5.41) is 1.02. The van der Waals surface area contributed by atoms with E-state index in [1.165, 1.54) is 11.3 Å². The summed E-state index contributed by atoms with van der Waals surface area (Å²) < 4.78 is 6.29. The van der Waals surface area contributed by atoms with Crippen molar-refractivity contribution in [3.05, 3.63) is 65.8 Å². The highest BCUT2D eigenvalue weighted by Gasteiger charge is 2.17. The van der Waals surface area contributed by atoms with Gasteiger partial charge in [0.15, 0.2) is 0 Å². The summed E-state index contributed by atoms with van der Waals surface area (Å²) in [4.78, 5) is 17.4. The maximum Gasteiger partial charge on any atom is 0.203 e. The highest BCUT2D eigenvalue weighted by atomic mass is 32.1. The third-order valence-electron chi connectivity index (χ3n) is 3.25. The number of methoxy groups -OCH3 is 1. The fourth-order valence-corrected chi connectivity index (χ4v) is 3.16. The largest absolute Gasteiger partial charge is 0.496 e. The summed E-state index contributed by atoms with van der Waals surface area (Å²) in [6, 6.07) is 11.2. The van der Waals surface area contributed by atoms with Crippen LogP contribution in [0.1, 0.15) is 15.2 Å². The van der Waals surface area contributed by atoms with E-state index in [2.05, 4.69) is 11.6 Å². The fraction of sp³-hybridized carbons (Fsp3) is 0.0588. The lowest BCUT2D eigenvalue weighted by molar-refractivity contribution is 0.106. The van der Waals surface area contributed by atoms with Crippen molar-refractivity contribution in [1.82, 2.24) is 4.98 Å². The van der Waals surface area contributed by atoms with Crippen molar-refractivity contribution >= 4 is 32.8 Å². The molecule has 1 aromatic carbocycles. The second-order valence-corrected chi connectivity index (χ2v) is 5.62. The third kappa shape index (κ3) is 2.45. The number of nitrogens with zero attached hydrogens (tertiary/aromatic N) is 1. The Morgan fingerprint density at radius 2 is 2.10 bits per heavy atom. The Hall–Kier alpha value is -2.46. The first-order valence-electron chi connectivity index (χ1n) is 6.41. The predicted molar refractivity (Wildman–Crippen MR) is 86.0 cm³/mol. The second kappa shape index (κ2) is 5.50. The van der Waals surface area contributed by atoms with Crippen LogP contribution < -0.4 is 4.74 Å². The summed E-state index contributed by atoms with van der Waals surface area (Å²) in [7, 11) is 1.59. The molecule has 0 saturated carbocycles. The van der Waals surface area contributed by atoms with Gasteiger partial charge in [0.1, 0.15) is 5.75 Å². The number of para-hydroxylation sites is 1. The molecule has 0 atom stereocenters. The molecule has 21 heavy (non-hydrogen) atoms. The van der Waals surface area contributed by atoms with Gasteiger partial charge in [0.2, 0.25) is 5.78 Å². The van der Waals surface area contributed by atoms with Crippen LogP contribution in [0.2, 0.25) is 0 Å². The van der Waals surface area contributed by atoms with Gasteiger partial charge in [-0.25, -0.2) is 0 Å². The lowest BCUT2D eigenvalue weighted by atomic mass is 10.0. The van der Waals surface area contributed by atoms with E-state index in [1.807, 2.05) is 36.4 Å². The molecule has 0 unspecified atom stereocenters. The van der Waals surface area contributed by atoms with Crippen LogP contribution in [0.25, 0.3) is 15.7 Å². The van der Waals surface area contributed by atoms with Crippen molar-refractivity contribution in [3.63, 3.8) is 0 Å². The number of fused-ring (bicyclic) bond motifs is 1. The molecule has 0 aliphatic carbocycles. The highest BCUT2D eigenvalue weighted by Crippen LogP contribution is 2.31. The minimum absolute atomic E-state index is 0.0827. The van der Waals surface area contributed by atoms with E-state index in [4.69, 9.17) is 4.74 Å². The van der Waals surface area contributed by atoms with Gasteiger partial charge < -0.3 is 4.74 Å². The number of benzene rings is 1. The topological polar surface area (TPSA) is 39.2 Å². The molecule has 3 rings (SSSR count). The van der Waals surface area contributed by atoms with E-state index in [-0.39, 0.29) is 5.78 Å². The molecule has 0 spiro atoms. The Bertz CT molecular complexity index is 802. The molecular weight excluding hydrogens is 282 g/mol. The Kier molecular flexibility index (Phi) is 3.54. The molecule has 0 aliphatic heterocycles. The molecule has 0 N–H and O–H groups in total. The Balaban J connectivity index is 1.99. The summed E-state index contributed by atoms with van der Waals surface area (Å²) in [6.07, 6.45) is 3.49. The van der Waals surface area contributed by atoms with Crippen LogP contribution in [0, 0.1) is 0 Å². The number of aromatic nitrogens is 1. The molecule has 0 saturated heterocycles. The molecule has 4 heteroatoms. The monoisotopic (exact) mass is 295 g/mol. The minimum atomic E-state index is -0.0827. The maximum absolute atomic E-state index is 12.6. The number of ether oxygens (including phenoxy) is 1. The van der Waals surface area contributed by atoms with E-state index in [0.29, 0.717) is 16.2 Å². The lowest BCUT2D eigenvalue weighted by Crippen LogP contribution is -2.01. The van der Waals surface area contributed by atoms with E-state index in [9.17, 15) is 4.79 Å². The van der Waals surface area contributed by atoms with Crippen LogP contribution >= 0.6 is 11.3 Å². The molecule has 104 valence electrons. The van der Waals surface area contributed by atoms with Gasteiger partial charge in [-0.1, -0.05) is 24.8 Å². The highest BCUT2D eigenvalue weighted by molar-refractivity contribution is 7.21. The van der Waals surface area contributed by atoms with Crippen LogP contribution in [0.15, 0.2) is 55.4 Å². The minimum Gasteiger partial charge on any atom is -0.496 e. The average molecular weight is 295 g/mol. The van der Waals surface area contributed by atoms with Gasteiger partial charge in [-0.15, -0.1) is 11.3 Å². The number of allylic oxidation sites excluding steroid dienone is 1. The summed E-state index contributed by atoms with van der Waals surface area (Å²) >= 11 is 1.43. The SMILES string of the molecule is C=C(C(=O)c1cc2ccncc2s1)c1ccccc1OC. The molecule has 2 aromatic heterocycles. The number of Topliss-reactive ketones (excluding diaryl/α,β-unsaturated/α-hetero) is 1. The van der Waals surface area contributed by atoms with Crippen molar-refractivity contribution in [2.24, 2.45) is 0 Å². The maximum atomic E-state index is 12.6. The molecule has 0 amide bonds. The first-order valence-corrected chi connectivity index (χ1v) is 7.23. The van der Waals surface area contributed by atoms with Crippen molar-refractivity contribution in [2.75, 3.05) is 7.11 Å². The standard InChI is InChI=1S/C17H13NO2S/c1-11(13-5-3-4-6-14(13)20-2)17(19)15-9-12-7-8-18-10-16(12)21-15/h3-10H,1H2,2H3. The zero-order valence-corrected chi connectivity index (χ0v) is 12.3. The molecule has 0 radical (unpaired) electrons. The number of thiophene rings is 1. The van der Waals surface area contributed by atoms with E-state index in [0.717, 1.165) is 15.6 Å². The molecular formula is C17H13NO2S. The summed E-state index contributed by atoms with van der Waals surface area (Å²) in [6.45, 7) is 3.94. The van der Waals surface area contributed by atoms with Gasteiger partial charge in [-0.3, -0.25) is 9.78 Å². The van der Waals surface area contributed by atoms with Gasteiger partial charge in [0, 0.05) is 23.5 Å². The number of carbonyl (C=O) groups excluding carboxylic acids is 1. The smallest absolute Gasteiger partial charge is 0.203 e. The van der Waals surface area contributed by atoms with Gasteiger partial charge >= 0.3 is 0 Å². The van der Waals surface area contributed by atoms with Gasteiger partial charge in [0.25, 0.3) is 0 Å². The quantitative estimate of drug-likeness (QED) is 0.535. The van der Waals surface area contributed by atoms with E-state index in [1.54, 1.807) is 19.5 Å². The van der Waals surface area contributed by atoms with Crippen LogP contribution in [0.4, 0.5) is 0 Å². The van der Waals surface area contributed by atoms with Crippen molar-refractivity contribution in [3.8, 4) is 5.75 Å². The number of carbonyl (C=O) groups is 1. The zero-order chi connectivity index (χ0) is 14.8. The molecule has 0 fully saturated rings. The molecule has 0 aliphatic rings. The summed E-state index contributed by atoms with van der Waals surface area (Å²) in [5.41, 5.74) is 1.16. The fourth-order valence-electron chi connectivity index (χ4n) is 2.16. The first kappa shape index (κ1) is 13.5.